The van der Waals surface area contributed by atoms with Crippen molar-refractivity contribution in [1.82, 2.24) is 4.98 Å². The third-order valence-electron chi connectivity index (χ3n) is 1.89. The summed E-state index contributed by atoms with van der Waals surface area (Å²) in [6.07, 6.45) is 5.08. The highest BCUT2D eigenvalue weighted by Gasteiger charge is 2.10. The van der Waals surface area contributed by atoms with E-state index in [0.29, 0.717) is 0 Å². The van der Waals surface area contributed by atoms with Crippen molar-refractivity contribution >= 4 is 0 Å². The third kappa shape index (κ3) is 1.60. The van der Waals surface area contributed by atoms with Gasteiger partial charge in [-0.05, 0) is 23.8 Å². The summed E-state index contributed by atoms with van der Waals surface area (Å²) in [4.78, 5) is 3.99. The van der Waals surface area contributed by atoms with E-state index in [1.54, 1.807) is 18.7 Å². The zero-order chi connectivity index (χ0) is 9.10. The van der Waals surface area contributed by atoms with Crippen molar-refractivity contribution in [3.05, 3.63) is 54.2 Å². The van der Waals surface area contributed by atoms with Crippen molar-refractivity contribution in [1.29, 1.82) is 0 Å². The molecule has 0 aliphatic carbocycles. The molecule has 0 fully saturated rings. The van der Waals surface area contributed by atoms with Crippen LogP contribution in [-0.4, -0.2) is 4.98 Å². The molecular formula is C10H10N2O. The molecule has 0 saturated carbocycles. The molecule has 0 spiro atoms. The molecule has 1 atom stereocenters. The number of pyridine rings is 1. The van der Waals surface area contributed by atoms with Crippen LogP contribution >= 0.6 is 0 Å². The van der Waals surface area contributed by atoms with Crippen molar-refractivity contribution in [2.75, 3.05) is 0 Å². The number of hydrogen-bond acceptors (Lipinski definition) is 3. The summed E-state index contributed by atoms with van der Waals surface area (Å²) in [5.41, 5.74) is 6.88. The molecule has 0 bridgehead atoms. The molecule has 2 aromatic heterocycles. The summed E-state index contributed by atoms with van der Waals surface area (Å²) < 4.78 is 5.20. The Morgan fingerprint density at radius 3 is 2.85 bits per heavy atom. The summed E-state index contributed by atoms with van der Waals surface area (Å²) in [6, 6.07) is 7.25. The zero-order valence-electron chi connectivity index (χ0n) is 7.05. The van der Waals surface area contributed by atoms with Gasteiger partial charge in [-0.3, -0.25) is 4.98 Å². The Morgan fingerprint density at radius 1 is 1.31 bits per heavy atom. The van der Waals surface area contributed by atoms with Gasteiger partial charge in [0.1, 0.15) is 5.76 Å². The van der Waals surface area contributed by atoms with Crippen LogP contribution in [0.5, 0.6) is 0 Å². The smallest absolute Gasteiger partial charge is 0.125 e. The lowest BCUT2D eigenvalue weighted by molar-refractivity contribution is 0.489. The highest BCUT2D eigenvalue weighted by molar-refractivity contribution is 5.22. The summed E-state index contributed by atoms with van der Waals surface area (Å²) >= 11 is 0. The minimum Gasteiger partial charge on any atom is -0.467 e. The first-order valence-corrected chi connectivity index (χ1v) is 4.07. The Kier molecular flexibility index (Phi) is 2.10. The van der Waals surface area contributed by atoms with Crippen molar-refractivity contribution in [2.24, 2.45) is 5.73 Å². The largest absolute Gasteiger partial charge is 0.467 e. The van der Waals surface area contributed by atoms with Gasteiger partial charge in [0.25, 0.3) is 0 Å². The third-order valence-corrected chi connectivity index (χ3v) is 1.89. The van der Waals surface area contributed by atoms with Crippen molar-refractivity contribution in [3.8, 4) is 0 Å². The lowest BCUT2D eigenvalue weighted by atomic mass is 10.1. The van der Waals surface area contributed by atoms with E-state index < -0.39 is 0 Å². The summed E-state index contributed by atoms with van der Waals surface area (Å²) in [6.45, 7) is 0. The molecule has 0 saturated heterocycles. The second-order valence-corrected chi connectivity index (χ2v) is 2.78. The lowest BCUT2D eigenvalue weighted by Gasteiger charge is -2.07. The number of furan rings is 1. The maximum Gasteiger partial charge on any atom is 0.125 e. The average molecular weight is 174 g/mol. The van der Waals surface area contributed by atoms with E-state index in [-0.39, 0.29) is 6.04 Å². The first-order valence-electron chi connectivity index (χ1n) is 4.07. The number of aromatic nitrogens is 1. The van der Waals surface area contributed by atoms with Crippen LogP contribution in [0.25, 0.3) is 0 Å². The van der Waals surface area contributed by atoms with Crippen LogP contribution in [0.3, 0.4) is 0 Å². The second kappa shape index (κ2) is 3.41. The molecule has 13 heavy (non-hydrogen) atoms. The van der Waals surface area contributed by atoms with Crippen LogP contribution < -0.4 is 5.73 Å². The molecule has 0 aliphatic heterocycles. The van der Waals surface area contributed by atoms with E-state index in [1.165, 1.54) is 0 Å². The van der Waals surface area contributed by atoms with E-state index in [9.17, 15) is 0 Å². The van der Waals surface area contributed by atoms with Crippen LogP contribution in [0.2, 0.25) is 0 Å². The van der Waals surface area contributed by atoms with Gasteiger partial charge in [-0.15, -0.1) is 0 Å². The summed E-state index contributed by atoms with van der Waals surface area (Å²) in [5, 5.41) is 0. The van der Waals surface area contributed by atoms with Crippen molar-refractivity contribution in [2.45, 2.75) is 6.04 Å². The highest BCUT2D eigenvalue weighted by Crippen LogP contribution is 2.18. The van der Waals surface area contributed by atoms with Gasteiger partial charge in [0.2, 0.25) is 0 Å². The molecule has 0 amide bonds. The summed E-state index contributed by atoms with van der Waals surface area (Å²) in [7, 11) is 0. The van der Waals surface area contributed by atoms with E-state index in [2.05, 4.69) is 4.98 Å². The first-order chi connectivity index (χ1) is 6.38. The standard InChI is InChI=1S/C10H10N2O/c11-10(9-4-2-6-13-9)8-3-1-5-12-7-8/h1-7,10H,11H2. The van der Waals surface area contributed by atoms with Gasteiger partial charge in [-0.2, -0.15) is 0 Å². The summed E-state index contributed by atoms with van der Waals surface area (Å²) in [5.74, 6) is 0.757. The van der Waals surface area contributed by atoms with E-state index in [0.717, 1.165) is 11.3 Å². The van der Waals surface area contributed by atoms with Crippen molar-refractivity contribution in [3.63, 3.8) is 0 Å². The second-order valence-electron chi connectivity index (χ2n) is 2.78. The first kappa shape index (κ1) is 8.01. The number of nitrogens with two attached hydrogens (primary N) is 1. The fourth-order valence-electron chi connectivity index (χ4n) is 1.19. The number of rotatable bonds is 2. The fraction of sp³-hybridized carbons (Fsp3) is 0.100. The Morgan fingerprint density at radius 2 is 2.23 bits per heavy atom. The molecule has 0 aromatic carbocycles. The molecular weight excluding hydrogens is 164 g/mol. The van der Waals surface area contributed by atoms with Crippen LogP contribution in [0.15, 0.2) is 47.3 Å². The van der Waals surface area contributed by atoms with Gasteiger partial charge in [-0.1, -0.05) is 6.07 Å². The molecule has 2 heterocycles. The van der Waals surface area contributed by atoms with Gasteiger partial charge < -0.3 is 10.2 Å². The molecule has 66 valence electrons. The van der Waals surface area contributed by atoms with E-state index >= 15 is 0 Å². The molecule has 3 nitrogen and oxygen atoms in total. The lowest BCUT2D eigenvalue weighted by Crippen LogP contribution is -2.10. The number of nitrogens with zero attached hydrogens (tertiary/aromatic N) is 1. The minimum absolute atomic E-state index is 0.219. The van der Waals surface area contributed by atoms with Crippen molar-refractivity contribution < 1.29 is 4.42 Å². The van der Waals surface area contributed by atoms with Gasteiger partial charge in [0.05, 0.1) is 12.3 Å². The Bertz CT molecular complexity index is 356. The molecule has 1 unspecified atom stereocenters. The predicted molar refractivity (Wildman–Crippen MR) is 49.0 cm³/mol. The highest BCUT2D eigenvalue weighted by atomic mass is 16.3. The molecule has 2 rings (SSSR count). The van der Waals surface area contributed by atoms with E-state index in [4.69, 9.17) is 10.2 Å². The maximum absolute atomic E-state index is 5.93. The zero-order valence-corrected chi connectivity index (χ0v) is 7.05. The SMILES string of the molecule is NC(c1cccnc1)c1ccco1. The topological polar surface area (TPSA) is 52.0 Å². The van der Waals surface area contributed by atoms with Gasteiger partial charge in [0.15, 0.2) is 0 Å². The van der Waals surface area contributed by atoms with Crippen LogP contribution in [0, 0.1) is 0 Å². The maximum atomic E-state index is 5.93. The number of hydrogen-bond donors (Lipinski definition) is 1. The Labute approximate surface area is 76.2 Å². The Balaban J connectivity index is 2.29. The quantitative estimate of drug-likeness (QED) is 0.754. The Hall–Kier alpha value is -1.61. The van der Waals surface area contributed by atoms with Gasteiger partial charge in [-0.25, -0.2) is 0 Å². The molecule has 0 radical (unpaired) electrons. The molecule has 2 aromatic rings. The molecule has 0 aliphatic rings. The van der Waals surface area contributed by atoms with Crippen LogP contribution in [-0.2, 0) is 0 Å². The van der Waals surface area contributed by atoms with E-state index in [1.807, 2.05) is 24.3 Å². The normalized spacial score (nSPS) is 12.7. The monoisotopic (exact) mass is 174 g/mol. The van der Waals surface area contributed by atoms with Gasteiger partial charge >= 0.3 is 0 Å². The predicted octanol–water partition coefficient (Wildman–Crippen LogP) is 1.72. The fourth-order valence-corrected chi connectivity index (χ4v) is 1.19. The minimum atomic E-state index is -0.219. The molecule has 3 heteroatoms. The van der Waals surface area contributed by atoms with Crippen LogP contribution in [0.1, 0.15) is 17.4 Å². The van der Waals surface area contributed by atoms with Gasteiger partial charge in [0, 0.05) is 12.4 Å². The average Bonchev–Trinajstić information content (AvgIpc) is 2.71. The molecule has 2 N–H and O–H groups in total. The van der Waals surface area contributed by atoms with Crippen LogP contribution in [0.4, 0.5) is 0 Å².